The van der Waals surface area contributed by atoms with E-state index in [2.05, 4.69) is 5.32 Å². The molecule has 0 saturated heterocycles. The van der Waals surface area contributed by atoms with Gasteiger partial charge in [-0.1, -0.05) is 30.3 Å². The number of rotatable bonds is 6. The summed E-state index contributed by atoms with van der Waals surface area (Å²) in [5, 5.41) is 3.56. The summed E-state index contributed by atoms with van der Waals surface area (Å²) in [4.78, 5) is 31.8. The van der Waals surface area contributed by atoms with Gasteiger partial charge in [0.25, 0.3) is 5.91 Å². The minimum atomic E-state index is -0.521. The van der Waals surface area contributed by atoms with Crippen LogP contribution in [0.3, 0.4) is 0 Å². The van der Waals surface area contributed by atoms with Crippen molar-refractivity contribution in [3.8, 4) is 0 Å². The molecule has 0 radical (unpaired) electrons. The molecule has 2 heterocycles. The molecule has 1 amide bonds. The van der Waals surface area contributed by atoms with E-state index in [0.717, 1.165) is 45.7 Å². The Kier molecular flexibility index (Phi) is 6.68. The highest BCUT2D eigenvalue weighted by molar-refractivity contribution is 7.98. The SMILES string of the molecule is CSc1ccccc1NC(=O)COC(=O)c1c2c(nc3ccccc13)/C(=C/c1ccco1)CCC2. The van der Waals surface area contributed by atoms with E-state index >= 15 is 0 Å². The number of carbonyl (C=O) groups excluding carboxylic acids is 2. The average molecular weight is 485 g/mol. The van der Waals surface area contributed by atoms with Gasteiger partial charge in [0.2, 0.25) is 0 Å². The lowest BCUT2D eigenvalue weighted by Crippen LogP contribution is -2.22. The number of carbonyl (C=O) groups is 2. The van der Waals surface area contributed by atoms with Gasteiger partial charge in [0.1, 0.15) is 5.76 Å². The van der Waals surface area contributed by atoms with Crippen LogP contribution in [-0.2, 0) is 16.0 Å². The molecule has 35 heavy (non-hydrogen) atoms. The van der Waals surface area contributed by atoms with Gasteiger partial charge in [-0.15, -0.1) is 11.8 Å². The molecule has 2 aromatic carbocycles. The third-order valence-electron chi connectivity index (χ3n) is 5.95. The van der Waals surface area contributed by atoms with Crippen LogP contribution in [0.2, 0.25) is 0 Å². The zero-order valence-corrected chi connectivity index (χ0v) is 20.1. The maximum absolute atomic E-state index is 13.4. The van der Waals surface area contributed by atoms with E-state index in [-0.39, 0.29) is 12.5 Å². The second kappa shape index (κ2) is 10.2. The highest BCUT2D eigenvalue weighted by Crippen LogP contribution is 2.36. The highest BCUT2D eigenvalue weighted by Gasteiger charge is 2.26. The molecule has 5 rings (SSSR count). The number of furan rings is 1. The quantitative estimate of drug-likeness (QED) is 0.258. The summed E-state index contributed by atoms with van der Waals surface area (Å²) in [5.74, 6) is -0.160. The fraction of sp³-hybridized carbons (Fsp3) is 0.179. The Balaban J connectivity index is 1.44. The number of para-hydroxylation sites is 2. The number of thioether (sulfide) groups is 1. The minimum absolute atomic E-state index is 0.373. The van der Waals surface area contributed by atoms with Crippen LogP contribution in [0.4, 0.5) is 5.69 Å². The zero-order valence-electron chi connectivity index (χ0n) is 19.2. The molecule has 0 fully saturated rings. The van der Waals surface area contributed by atoms with Crippen LogP contribution in [0.5, 0.6) is 0 Å². The second-order valence-electron chi connectivity index (χ2n) is 8.19. The zero-order chi connectivity index (χ0) is 24.2. The molecule has 7 heteroatoms. The van der Waals surface area contributed by atoms with Crippen molar-refractivity contribution in [2.75, 3.05) is 18.2 Å². The Morgan fingerprint density at radius 2 is 1.91 bits per heavy atom. The molecule has 0 aliphatic heterocycles. The summed E-state index contributed by atoms with van der Waals surface area (Å²) < 4.78 is 11.0. The molecule has 0 bridgehead atoms. The van der Waals surface area contributed by atoms with Crippen molar-refractivity contribution in [2.24, 2.45) is 0 Å². The molecule has 1 aliphatic carbocycles. The van der Waals surface area contributed by atoms with Crippen LogP contribution >= 0.6 is 11.8 Å². The Labute approximate surface area is 207 Å². The summed E-state index contributed by atoms with van der Waals surface area (Å²) in [6.45, 7) is -0.373. The van der Waals surface area contributed by atoms with Gasteiger partial charge in [0.05, 0.1) is 28.7 Å². The molecular formula is C28H24N2O4S. The maximum atomic E-state index is 13.4. The lowest BCUT2D eigenvalue weighted by Gasteiger charge is -2.22. The van der Waals surface area contributed by atoms with Gasteiger partial charge in [-0.2, -0.15) is 0 Å². The largest absolute Gasteiger partial charge is 0.465 e. The van der Waals surface area contributed by atoms with Crippen molar-refractivity contribution < 1.29 is 18.7 Å². The molecule has 176 valence electrons. The number of hydrogen-bond acceptors (Lipinski definition) is 6. The fourth-order valence-corrected chi connectivity index (χ4v) is 4.94. The van der Waals surface area contributed by atoms with Crippen LogP contribution < -0.4 is 5.32 Å². The molecule has 0 saturated carbocycles. The van der Waals surface area contributed by atoms with Gasteiger partial charge in [-0.3, -0.25) is 4.79 Å². The molecule has 2 aromatic heterocycles. The van der Waals surface area contributed by atoms with Crippen LogP contribution in [0.1, 0.15) is 40.2 Å². The monoisotopic (exact) mass is 484 g/mol. The van der Waals surface area contributed by atoms with Crippen molar-refractivity contribution >= 4 is 51.9 Å². The van der Waals surface area contributed by atoms with Gasteiger partial charge in [0, 0.05) is 10.3 Å². The van der Waals surface area contributed by atoms with Crippen molar-refractivity contribution in [3.63, 3.8) is 0 Å². The van der Waals surface area contributed by atoms with E-state index in [1.807, 2.05) is 73.0 Å². The summed E-state index contributed by atoms with van der Waals surface area (Å²) in [6.07, 6.45) is 7.98. The number of esters is 1. The maximum Gasteiger partial charge on any atom is 0.339 e. The molecule has 1 aliphatic rings. The molecule has 4 aromatic rings. The Hall–Kier alpha value is -3.84. The van der Waals surface area contributed by atoms with Crippen molar-refractivity contribution in [1.82, 2.24) is 4.98 Å². The van der Waals surface area contributed by atoms with Crippen LogP contribution in [0, 0.1) is 0 Å². The first-order chi connectivity index (χ1) is 17.1. The number of nitrogens with zero attached hydrogens (tertiary/aromatic N) is 1. The Morgan fingerprint density at radius 3 is 2.74 bits per heavy atom. The minimum Gasteiger partial charge on any atom is -0.465 e. The van der Waals surface area contributed by atoms with E-state index in [0.29, 0.717) is 23.2 Å². The number of ether oxygens (including phenoxy) is 1. The Bertz CT molecular complexity index is 1430. The first-order valence-electron chi connectivity index (χ1n) is 11.4. The summed E-state index contributed by atoms with van der Waals surface area (Å²) >= 11 is 1.54. The van der Waals surface area contributed by atoms with E-state index in [1.165, 1.54) is 11.8 Å². The average Bonchev–Trinajstić information content (AvgIpc) is 3.40. The lowest BCUT2D eigenvalue weighted by atomic mass is 9.86. The predicted octanol–water partition coefficient (Wildman–Crippen LogP) is 6.22. The topological polar surface area (TPSA) is 81.4 Å². The predicted molar refractivity (Wildman–Crippen MR) is 138 cm³/mol. The standard InChI is InChI=1S/C28H24N2O4S/c1-35-24-14-5-4-13-23(24)29-25(31)17-34-28(32)26-20-10-2-3-12-22(20)30-27-18(8-6-11-21(26)27)16-19-9-7-15-33-19/h2-5,7,9-10,12-16H,6,8,11,17H2,1H3,(H,29,31)/b18-16+. The van der Waals surface area contributed by atoms with E-state index in [9.17, 15) is 9.59 Å². The van der Waals surface area contributed by atoms with Gasteiger partial charge in [-0.05, 0) is 73.1 Å². The van der Waals surface area contributed by atoms with Crippen molar-refractivity contribution in [2.45, 2.75) is 24.2 Å². The number of aromatic nitrogens is 1. The number of amides is 1. The normalized spacial score (nSPS) is 14.0. The Morgan fingerprint density at radius 1 is 1.09 bits per heavy atom. The van der Waals surface area contributed by atoms with Gasteiger partial charge in [-0.25, -0.2) is 9.78 Å². The van der Waals surface area contributed by atoms with E-state index in [1.54, 1.807) is 6.26 Å². The smallest absolute Gasteiger partial charge is 0.339 e. The van der Waals surface area contributed by atoms with Crippen LogP contribution in [0.15, 0.2) is 76.2 Å². The second-order valence-corrected chi connectivity index (χ2v) is 9.04. The number of allylic oxidation sites excluding steroid dienone is 1. The van der Waals surface area contributed by atoms with E-state index in [4.69, 9.17) is 14.1 Å². The number of anilines is 1. The fourth-order valence-electron chi connectivity index (χ4n) is 4.39. The summed E-state index contributed by atoms with van der Waals surface area (Å²) in [6, 6.07) is 18.8. The first-order valence-corrected chi connectivity index (χ1v) is 12.6. The third kappa shape index (κ3) is 4.86. The summed E-state index contributed by atoms with van der Waals surface area (Å²) in [5.41, 5.74) is 4.55. The third-order valence-corrected chi connectivity index (χ3v) is 6.75. The van der Waals surface area contributed by atoms with Gasteiger partial charge >= 0.3 is 5.97 Å². The highest BCUT2D eigenvalue weighted by atomic mass is 32.2. The summed E-state index contributed by atoms with van der Waals surface area (Å²) in [7, 11) is 0. The number of fused-ring (bicyclic) bond motifs is 2. The molecule has 1 N–H and O–H groups in total. The van der Waals surface area contributed by atoms with Gasteiger partial charge < -0.3 is 14.5 Å². The van der Waals surface area contributed by atoms with Crippen LogP contribution in [0.25, 0.3) is 22.6 Å². The number of nitrogens with one attached hydrogen (secondary N) is 1. The lowest BCUT2D eigenvalue weighted by molar-refractivity contribution is -0.119. The molecule has 0 atom stereocenters. The van der Waals surface area contributed by atoms with Crippen molar-refractivity contribution in [1.29, 1.82) is 0 Å². The molecule has 6 nitrogen and oxygen atoms in total. The number of hydrogen-bond donors (Lipinski definition) is 1. The molecule has 0 spiro atoms. The van der Waals surface area contributed by atoms with E-state index < -0.39 is 5.97 Å². The van der Waals surface area contributed by atoms with Gasteiger partial charge in [0.15, 0.2) is 6.61 Å². The molecular weight excluding hydrogens is 460 g/mol. The number of benzene rings is 2. The first kappa shape index (κ1) is 22.9. The number of pyridine rings is 1. The van der Waals surface area contributed by atoms with Crippen molar-refractivity contribution in [3.05, 3.63) is 89.5 Å². The molecule has 0 unspecified atom stereocenters. The van der Waals surface area contributed by atoms with Crippen LogP contribution in [-0.4, -0.2) is 29.7 Å².